The van der Waals surface area contributed by atoms with E-state index in [1.54, 1.807) is 0 Å². The van der Waals surface area contributed by atoms with Gasteiger partial charge >= 0.3 is 8.25 Å². The third-order valence-electron chi connectivity index (χ3n) is 0.599. The Hall–Kier alpha value is -0.580. The zero-order valence-corrected chi connectivity index (χ0v) is 7.37. The minimum absolute atomic E-state index is 0.131. The second-order valence-corrected chi connectivity index (χ2v) is 2.26. The summed E-state index contributed by atoms with van der Waals surface area (Å²) in [5.74, 6) is 0. The number of hydrogen-bond donors (Lipinski definition) is 0. The van der Waals surface area contributed by atoms with Crippen LogP contribution in [0.3, 0.4) is 0 Å². The van der Waals surface area contributed by atoms with Gasteiger partial charge in [0, 0.05) is 4.57 Å². The predicted octanol–water partition coefficient (Wildman–Crippen LogP) is 1.91. The van der Waals surface area contributed by atoms with Crippen LogP contribution < -0.4 is 0 Å². The van der Waals surface area contributed by atoms with E-state index in [1.165, 1.54) is 12.2 Å². The van der Waals surface area contributed by atoms with Gasteiger partial charge in [-0.15, -0.1) is 13.2 Å². The Kier molecular flexibility index (Phi) is 8.10. The molecular formula is C6H10O5P+. The molecule has 0 radical (unpaired) electrons. The molecular weight excluding hydrogens is 183 g/mol. The first-order valence-corrected chi connectivity index (χ1v) is 4.19. The van der Waals surface area contributed by atoms with Crippen molar-refractivity contribution in [3.63, 3.8) is 0 Å². The predicted molar refractivity (Wildman–Crippen MR) is 42.1 cm³/mol. The van der Waals surface area contributed by atoms with Gasteiger partial charge in [-0.1, -0.05) is 12.2 Å². The lowest BCUT2D eigenvalue weighted by Gasteiger charge is -1.87. The Morgan fingerprint density at radius 1 is 1.08 bits per heavy atom. The average molecular weight is 193 g/mol. The molecule has 0 saturated carbocycles. The molecule has 0 aromatic carbocycles. The first-order valence-electron chi connectivity index (χ1n) is 3.09. The molecule has 0 rings (SSSR count). The maximum absolute atomic E-state index is 10.6. The van der Waals surface area contributed by atoms with Gasteiger partial charge in [0.25, 0.3) is 0 Å². The van der Waals surface area contributed by atoms with Gasteiger partial charge < -0.3 is 0 Å². The average Bonchev–Trinajstić information content (AvgIpc) is 2.06. The molecule has 0 aliphatic rings. The monoisotopic (exact) mass is 193 g/mol. The van der Waals surface area contributed by atoms with Crippen LogP contribution >= 0.6 is 8.25 Å². The van der Waals surface area contributed by atoms with Crippen molar-refractivity contribution < 1.29 is 23.7 Å². The van der Waals surface area contributed by atoms with Gasteiger partial charge in [0.1, 0.15) is 13.2 Å². The molecule has 0 unspecified atom stereocenters. The summed E-state index contributed by atoms with van der Waals surface area (Å²) in [6.07, 6.45) is 2.88. The molecule has 6 heteroatoms. The molecule has 12 heavy (non-hydrogen) atoms. The van der Waals surface area contributed by atoms with Crippen molar-refractivity contribution in [2.45, 2.75) is 0 Å². The van der Waals surface area contributed by atoms with E-state index in [0.29, 0.717) is 0 Å². The lowest BCUT2D eigenvalue weighted by atomic mass is 10.7. The topological polar surface area (TPSA) is 54.0 Å². The minimum atomic E-state index is -2.39. The van der Waals surface area contributed by atoms with Crippen LogP contribution in [0, 0.1) is 0 Å². The second-order valence-electron chi connectivity index (χ2n) is 1.52. The molecule has 0 bridgehead atoms. The van der Waals surface area contributed by atoms with Gasteiger partial charge in [-0.3, -0.25) is 0 Å². The van der Waals surface area contributed by atoms with Gasteiger partial charge in [-0.2, -0.15) is 9.78 Å². The lowest BCUT2D eigenvalue weighted by Crippen LogP contribution is -1.90. The highest BCUT2D eigenvalue weighted by Gasteiger charge is 2.23. The molecule has 0 aromatic heterocycles. The quantitative estimate of drug-likeness (QED) is 0.194. The maximum Gasteiger partial charge on any atom is 0.759 e. The summed E-state index contributed by atoms with van der Waals surface area (Å²) in [6, 6.07) is 0. The van der Waals surface area contributed by atoms with Crippen molar-refractivity contribution in [3.8, 4) is 0 Å². The van der Waals surface area contributed by atoms with Crippen molar-refractivity contribution in [3.05, 3.63) is 25.3 Å². The highest BCUT2D eigenvalue weighted by Crippen LogP contribution is 2.23. The SMILES string of the molecule is C=CCOO[P+](=O)OOCC=C. The largest absolute Gasteiger partial charge is 0.759 e. The maximum atomic E-state index is 10.6. The van der Waals surface area contributed by atoms with Crippen molar-refractivity contribution in [1.82, 2.24) is 0 Å². The summed E-state index contributed by atoms with van der Waals surface area (Å²) in [5, 5.41) is 0. The summed E-state index contributed by atoms with van der Waals surface area (Å²) in [7, 11) is -2.39. The fraction of sp³-hybridized carbons (Fsp3) is 0.333. The number of hydrogen-bond acceptors (Lipinski definition) is 5. The molecule has 0 aliphatic carbocycles. The van der Waals surface area contributed by atoms with E-state index >= 15 is 0 Å². The molecule has 0 aliphatic heterocycles. The third kappa shape index (κ3) is 7.53. The lowest BCUT2D eigenvalue weighted by molar-refractivity contribution is -0.249. The van der Waals surface area contributed by atoms with Crippen molar-refractivity contribution in [1.29, 1.82) is 0 Å². The molecule has 0 atom stereocenters. The summed E-state index contributed by atoms with van der Waals surface area (Å²) in [5.41, 5.74) is 0. The third-order valence-corrected chi connectivity index (χ3v) is 1.05. The molecule has 0 aromatic rings. The van der Waals surface area contributed by atoms with E-state index in [4.69, 9.17) is 0 Å². The Labute approximate surface area is 71.4 Å². The van der Waals surface area contributed by atoms with Crippen molar-refractivity contribution in [2.75, 3.05) is 13.2 Å². The van der Waals surface area contributed by atoms with Gasteiger partial charge in [-0.25, -0.2) is 0 Å². The van der Waals surface area contributed by atoms with Crippen LogP contribution in [0.2, 0.25) is 0 Å². The van der Waals surface area contributed by atoms with Crippen molar-refractivity contribution in [2.24, 2.45) is 0 Å². The highest BCUT2D eigenvalue weighted by atomic mass is 31.1. The normalized spacial score (nSPS) is 9.33. The van der Waals surface area contributed by atoms with Crippen LogP contribution in [0.1, 0.15) is 0 Å². The Bertz CT molecular complexity index is 142. The van der Waals surface area contributed by atoms with E-state index in [2.05, 4.69) is 32.3 Å². The van der Waals surface area contributed by atoms with E-state index in [-0.39, 0.29) is 13.2 Å². The van der Waals surface area contributed by atoms with Gasteiger partial charge in [0.05, 0.1) is 9.35 Å². The molecule has 0 spiro atoms. The first-order chi connectivity index (χ1) is 5.81. The summed E-state index contributed by atoms with van der Waals surface area (Å²) in [4.78, 5) is 8.69. The fourth-order valence-corrected chi connectivity index (χ4v) is 0.574. The Morgan fingerprint density at radius 3 is 1.83 bits per heavy atom. The summed E-state index contributed by atoms with van der Waals surface area (Å²) < 4.78 is 18.9. The molecule has 0 amide bonds. The Balaban J connectivity index is 3.21. The zero-order chi connectivity index (χ0) is 9.23. The van der Waals surface area contributed by atoms with Crippen LogP contribution in [-0.2, 0) is 23.7 Å². The van der Waals surface area contributed by atoms with E-state index in [0.717, 1.165) is 0 Å². The first kappa shape index (κ1) is 11.4. The molecule has 5 nitrogen and oxygen atoms in total. The highest BCUT2D eigenvalue weighted by molar-refractivity contribution is 7.32. The fourth-order valence-electron chi connectivity index (χ4n) is 0.256. The summed E-state index contributed by atoms with van der Waals surface area (Å²) >= 11 is 0. The van der Waals surface area contributed by atoms with Crippen LogP contribution in [-0.4, -0.2) is 13.2 Å². The molecule has 0 fully saturated rings. The molecule has 0 saturated heterocycles. The van der Waals surface area contributed by atoms with Gasteiger partial charge in [-0.05, 0) is 0 Å². The smallest absolute Gasteiger partial charge is 0.183 e. The molecule has 68 valence electrons. The van der Waals surface area contributed by atoms with Crippen LogP contribution in [0.4, 0.5) is 0 Å². The van der Waals surface area contributed by atoms with E-state index in [9.17, 15) is 4.57 Å². The Morgan fingerprint density at radius 2 is 1.50 bits per heavy atom. The number of rotatable bonds is 8. The van der Waals surface area contributed by atoms with Crippen molar-refractivity contribution >= 4 is 8.25 Å². The van der Waals surface area contributed by atoms with Crippen LogP contribution in [0.25, 0.3) is 0 Å². The van der Waals surface area contributed by atoms with Crippen LogP contribution in [0.5, 0.6) is 0 Å². The molecule has 0 heterocycles. The summed E-state index contributed by atoms with van der Waals surface area (Å²) in [6.45, 7) is 6.96. The molecule has 0 N–H and O–H groups in total. The van der Waals surface area contributed by atoms with Gasteiger partial charge in [0.2, 0.25) is 0 Å². The zero-order valence-electron chi connectivity index (χ0n) is 6.47. The van der Waals surface area contributed by atoms with Crippen LogP contribution in [0.15, 0.2) is 25.3 Å². The minimum Gasteiger partial charge on any atom is -0.183 e. The standard InChI is InChI=1S/C6H10O5P/c1-3-5-8-10-12(7)11-9-6-4-2/h3-4H,1-2,5-6H2/q+1. The second kappa shape index (κ2) is 8.52. The van der Waals surface area contributed by atoms with E-state index < -0.39 is 8.25 Å². The van der Waals surface area contributed by atoms with Gasteiger partial charge in [0.15, 0.2) is 0 Å². The van der Waals surface area contributed by atoms with E-state index in [1.807, 2.05) is 0 Å².